The van der Waals surface area contributed by atoms with Gasteiger partial charge in [-0.3, -0.25) is 4.79 Å². The second kappa shape index (κ2) is 4.65. The third-order valence-electron chi connectivity index (χ3n) is 1.90. The Morgan fingerprint density at radius 1 is 1.54 bits per heavy atom. The molecule has 1 amide bonds. The Bertz CT molecular complexity index is 267. The SMILES string of the molecule is CN(C)C(=O)CCc1c[c]ccc1. The van der Waals surface area contributed by atoms with E-state index in [9.17, 15) is 4.79 Å². The number of amides is 1. The molecule has 0 aliphatic carbocycles. The second-order valence-corrected chi connectivity index (χ2v) is 3.20. The standard InChI is InChI=1S/C11H14NO/c1-12(2)11(13)9-8-10-6-4-3-5-7-10/h3-4,6-7H,8-9H2,1-2H3. The summed E-state index contributed by atoms with van der Waals surface area (Å²) in [5.41, 5.74) is 1.16. The smallest absolute Gasteiger partial charge is 0.222 e. The van der Waals surface area contributed by atoms with E-state index >= 15 is 0 Å². The van der Waals surface area contributed by atoms with Crippen LogP contribution in [0.1, 0.15) is 12.0 Å². The molecule has 0 spiro atoms. The number of aryl methyl sites for hydroxylation is 1. The highest BCUT2D eigenvalue weighted by atomic mass is 16.2. The van der Waals surface area contributed by atoms with Crippen LogP contribution < -0.4 is 0 Å². The maximum atomic E-state index is 11.2. The van der Waals surface area contributed by atoms with E-state index in [0.29, 0.717) is 6.42 Å². The third kappa shape index (κ3) is 3.28. The number of rotatable bonds is 3. The van der Waals surface area contributed by atoms with E-state index in [2.05, 4.69) is 6.07 Å². The van der Waals surface area contributed by atoms with E-state index in [-0.39, 0.29) is 5.91 Å². The molecule has 2 nitrogen and oxygen atoms in total. The third-order valence-corrected chi connectivity index (χ3v) is 1.90. The van der Waals surface area contributed by atoms with Gasteiger partial charge in [-0.1, -0.05) is 24.3 Å². The Morgan fingerprint density at radius 2 is 2.31 bits per heavy atom. The van der Waals surface area contributed by atoms with Crippen LogP contribution >= 0.6 is 0 Å². The zero-order valence-electron chi connectivity index (χ0n) is 8.08. The van der Waals surface area contributed by atoms with Crippen molar-refractivity contribution >= 4 is 5.91 Å². The van der Waals surface area contributed by atoms with Gasteiger partial charge in [-0.15, -0.1) is 0 Å². The quantitative estimate of drug-likeness (QED) is 0.683. The van der Waals surface area contributed by atoms with Crippen molar-refractivity contribution in [1.29, 1.82) is 0 Å². The van der Waals surface area contributed by atoms with Crippen LogP contribution in [0.3, 0.4) is 0 Å². The van der Waals surface area contributed by atoms with Gasteiger partial charge in [0.05, 0.1) is 0 Å². The normalized spacial score (nSPS) is 9.69. The molecular weight excluding hydrogens is 162 g/mol. The number of carbonyl (C=O) groups is 1. The molecule has 69 valence electrons. The van der Waals surface area contributed by atoms with Crippen LogP contribution in [0.25, 0.3) is 0 Å². The van der Waals surface area contributed by atoms with Crippen LogP contribution in [0.5, 0.6) is 0 Å². The number of hydrogen-bond acceptors (Lipinski definition) is 1. The van der Waals surface area contributed by atoms with Gasteiger partial charge in [0.2, 0.25) is 5.91 Å². The molecule has 0 N–H and O–H groups in total. The van der Waals surface area contributed by atoms with Crippen LogP contribution in [-0.4, -0.2) is 24.9 Å². The van der Waals surface area contributed by atoms with Crippen molar-refractivity contribution < 1.29 is 4.79 Å². The number of carbonyl (C=O) groups excluding carboxylic acids is 1. The highest BCUT2D eigenvalue weighted by Crippen LogP contribution is 2.02. The Balaban J connectivity index is 2.40. The van der Waals surface area contributed by atoms with E-state index in [1.54, 1.807) is 19.0 Å². The Labute approximate surface area is 79.2 Å². The highest BCUT2D eigenvalue weighted by molar-refractivity contribution is 5.75. The van der Waals surface area contributed by atoms with Gasteiger partial charge in [-0.2, -0.15) is 0 Å². The highest BCUT2D eigenvalue weighted by Gasteiger charge is 2.03. The lowest BCUT2D eigenvalue weighted by atomic mass is 10.1. The molecule has 2 heteroatoms. The summed E-state index contributed by atoms with van der Waals surface area (Å²) in [6.45, 7) is 0. The molecule has 13 heavy (non-hydrogen) atoms. The zero-order chi connectivity index (χ0) is 9.68. The fraction of sp³-hybridized carbons (Fsp3) is 0.364. The lowest BCUT2D eigenvalue weighted by molar-refractivity contribution is -0.128. The average Bonchev–Trinajstić information content (AvgIpc) is 2.15. The van der Waals surface area contributed by atoms with E-state index in [4.69, 9.17) is 0 Å². The number of hydrogen-bond donors (Lipinski definition) is 0. The summed E-state index contributed by atoms with van der Waals surface area (Å²) >= 11 is 0. The van der Waals surface area contributed by atoms with Crippen molar-refractivity contribution in [3.05, 3.63) is 35.9 Å². The van der Waals surface area contributed by atoms with Crippen LogP contribution in [0.15, 0.2) is 24.3 Å². The molecule has 1 rings (SSSR count). The minimum absolute atomic E-state index is 0.170. The molecule has 0 heterocycles. The van der Waals surface area contributed by atoms with E-state index in [1.165, 1.54) is 0 Å². The monoisotopic (exact) mass is 176 g/mol. The van der Waals surface area contributed by atoms with Crippen molar-refractivity contribution in [3.63, 3.8) is 0 Å². The summed E-state index contributed by atoms with van der Waals surface area (Å²) in [5, 5.41) is 0. The minimum Gasteiger partial charge on any atom is -0.349 e. The minimum atomic E-state index is 0.170. The van der Waals surface area contributed by atoms with Crippen molar-refractivity contribution in [2.75, 3.05) is 14.1 Å². The predicted molar refractivity (Wildman–Crippen MR) is 52.3 cm³/mol. The van der Waals surface area contributed by atoms with Gasteiger partial charge in [0.15, 0.2) is 0 Å². The van der Waals surface area contributed by atoms with E-state index in [0.717, 1.165) is 12.0 Å². The van der Waals surface area contributed by atoms with Crippen molar-refractivity contribution in [1.82, 2.24) is 4.90 Å². The van der Waals surface area contributed by atoms with Crippen molar-refractivity contribution in [2.24, 2.45) is 0 Å². The van der Waals surface area contributed by atoms with Crippen LogP contribution in [0.2, 0.25) is 0 Å². The molecule has 0 aliphatic heterocycles. The van der Waals surface area contributed by atoms with E-state index in [1.807, 2.05) is 24.3 Å². The molecule has 0 aliphatic rings. The molecule has 0 unspecified atom stereocenters. The molecule has 0 aromatic heterocycles. The van der Waals surface area contributed by atoms with Gasteiger partial charge < -0.3 is 4.90 Å². The van der Waals surface area contributed by atoms with Gasteiger partial charge in [0.1, 0.15) is 0 Å². The molecule has 0 fully saturated rings. The van der Waals surface area contributed by atoms with Gasteiger partial charge in [-0.25, -0.2) is 0 Å². The lowest BCUT2D eigenvalue weighted by Gasteiger charge is -2.09. The molecule has 1 aromatic carbocycles. The first kappa shape index (κ1) is 9.78. The van der Waals surface area contributed by atoms with Gasteiger partial charge >= 0.3 is 0 Å². The molecular formula is C11H14NO. The zero-order valence-corrected chi connectivity index (χ0v) is 8.08. The molecule has 0 bridgehead atoms. The molecule has 0 saturated carbocycles. The van der Waals surface area contributed by atoms with Crippen molar-refractivity contribution in [2.45, 2.75) is 12.8 Å². The first-order valence-corrected chi connectivity index (χ1v) is 4.35. The predicted octanol–water partition coefficient (Wildman–Crippen LogP) is 1.51. The summed E-state index contributed by atoms with van der Waals surface area (Å²) < 4.78 is 0. The van der Waals surface area contributed by atoms with E-state index < -0.39 is 0 Å². The molecule has 1 radical (unpaired) electrons. The second-order valence-electron chi connectivity index (χ2n) is 3.20. The Morgan fingerprint density at radius 3 is 2.85 bits per heavy atom. The number of benzene rings is 1. The summed E-state index contributed by atoms with van der Waals surface area (Å²) in [5.74, 6) is 0.170. The first-order chi connectivity index (χ1) is 6.20. The van der Waals surface area contributed by atoms with Crippen LogP contribution in [-0.2, 0) is 11.2 Å². The summed E-state index contributed by atoms with van der Waals surface area (Å²) in [7, 11) is 3.55. The summed E-state index contributed by atoms with van der Waals surface area (Å²) in [6.07, 6.45) is 1.37. The lowest BCUT2D eigenvalue weighted by Crippen LogP contribution is -2.21. The van der Waals surface area contributed by atoms with Gasteiger partial charge in [0.25, 0.3) is 0 Å². The average molecular weight is 176 g/mol. The molecule has 0 atom stereocenters. The maximum absolute atomic E-state index is 11.2. The summed E-state index contributed by atoms with van der Waals surface area (Å²) in [6, 6.07) is 10.7. The largest absolute Gasteiger partial charge is 0.349 e. The van der Waals surface area contributed by atoms with Crippen molar-refractivity contribution in [3.8, 4) is 0 Å². The topological polar surface area (TPSA) is 20.3 Å². The first-order valence-electron chi connectivity index (χ1n) is 4.35. The Hall–Kier alpha value is -1.31. The molecule has 1 aromatic rings. The van der Waals surface area contributed by atoms with Crippen LogP contribution in [0.4, 0.5) is 0 Å². The number of nitrogens with zero attached hydrogens (tertiary/aromatic N) is 1. The Kier molecular flexibility index (Phi) is 3.50. The van der Waals surface area contributed by atoms with Gasteiger partial charge in [-0.05, 0) is 18.1 Å². The van der Waals surface area contributed by atoms with Crippen LogP contribution in [0, 0.1) is 6.07 Å². The maximum Gasteiger partial charge on any atom is 0.222 e. The fourth-order valence-corrected chi connectivity index (χ4v) is 1.06. The summed E-state index contributed by atoms with van der Waals surface area (Å²) in [4.78, 5) is 12.8. The molecule has 0 saturated heterocycles. The van der Waals surface area contributed by atoms with Gasteiger partial charge in [0, 0.05) is 20.5 Å². The fourth-order valence-electron chi connectivity index (χ4n) is 1.06.